The lowest BCUT2D eigenvalue weighted by Crippen LogP contribution is -2.37. The largest absolute Gasteiger partial charge is 0.496 e. The van der Waals surface area contributed by atoms with Crippen LogP contribution in [0.25, 0.3) is 10.9 Å². The van der Waals surface area contributed by atoms with Gasteiger partial charge in [0.2, 0.25) is 0 Å². The van der Waals surface area contributed by atoms with E-state index in [9.17, 15) is 0 Å². The van der Waals surface area contributed by atoms with Gasteiger partial charge in [-0.2, -0.15) is 0 Å². The number of aromatic amines is 1. The highest BCUT2D eigenvalue weighted by atomic mass is 16.5. The van der Waals surface area contributed by atoms with E-state index < -0.39 is 0 Å². The first kappa shape index (κ1) is 17.9. The molecule has 1 saturated heterocycles. The monoisotopic (exact) mass is 356 g/mol. The molecule has 1 aliphatic heterocycles. The van der Waals surface area contributed by atoms with Crippen LogP contribution < -0.4 is 4.74 Å². The zero-order valence-corrected chi connectivity index (χ0v) is 16.6. The van der Waals surface area contributed by atoms with Crippen LogP contribution in [0.2, 0.25) is 0 Å². The summed E-state index contributed by atoms with van der Waals surface area (Å²) in [4.78, 5) is 5.91. The van der Waals surface area contributed by atoms with E-state index in [4.69, 9.17) is 9.47 Å². The third kappa shape index (κ3) is 3.49. The summed E-state index contributed by atoms with van der Waals surface area (Å²) in [7, 11) is 1.77. The average molecular weight is 357 g/mol. The number of H-pyrrole nitrogens is 1. The Morgan fingerprint density at radius 3 is 2.65 bits per heavy atom. The van der Waals surface area contributed by atoms with Gasteiger partial charge in [-0.25, -0.2) is 0 Å². The lowest BCUT2D eigenvalue weighted by molar-refractivity contribution is -0.00236. The van der Waals surface area contributed by atoms with Crippen molar-refractivity contribution in [3.05, 3.63) is 29.5 Å². The normalized spacial score (nSPS) is 23.5. The fourth-order valence-corrected chi connectivity index (χ4v) is 4.35. The van der Waals surface area contributed by atoms with Crippen LogP contribution >= 0.6 is 0 Å². The summed E-state index contributed by atoms with van der Waals surface area (Å²) in [6.45, 7) is 10.9. The van der Waals surface area contributed by atoms with Gasteiger partial charge in [-0.1, -0.05) is 13.8 Å². The lowest BCUT2D eigenvalue weighted by Gasteiger charge is -2.32. The van der Waals surface area contributed by atoms with E-state index in [1.165, 1.54) is 28.5 Å². The molecule has 0 amide bonds. The number of fused-ring (bicyclic) bond motifs is 1. The van der Waals surface area contributed by atoms with Crippen LogP contribution in [0.15, 0.2) is 18.3 Å². The van der Waals surface area contributed by atoms with Crippen molar-refractivity contribution < 1.29 is 9.47 Å². The highest BCUT2D eigenvalue weighted by Gasteiger charge is 2.45. The second kappa shape index (κ2) is 6.90. The third-order valence-electron chi connectivity index (χ3n) is 6.50. The zero-order chi connectivity index (χ0) is 18.3. The number of nitrogens with one attached hydrogen (secondary N) is 1. The Morgan fingerprint density at radius 1 is 1.27 bits per heavy atom. The van der Waals surface area contributed by atoms with E-state index in [1.54, 1.807) is 7.11 Å². The topological polar surface area (TPSA) is 37.5 Å². The molecule has 1 unspecified atom stereocenters. The molecule has 142 valence electrons. The molecule has 1 N–H and O–H groups in total. The number of rotatable bonds is 6. The van der Waals surface area contributed by atoms with Gasteiger partial charge in [0.1, 0.15) is 5.75 Å². The maximum absolute atomic E-state index is 6.20. The van der Waals surface area contributed by atoms with Crippen molar-refractivity contribution in [2.45, 2.75) is 52.7 Å². The van der Waals surface area contributed by atoms with Crippen molar-refractivity contribution in [2.75, 3.05) is 26.8 Å². The third-order valence-corrected chi connectivity index (χ3v) is 6.50. The Bertz CT molecular complexity index is 772. The molecule has 4 heteroatoms. The van der Waals surface area contributed by atoms with Gasteiger partial charge in [0.05, 0.1) is 19.8 Å². The molecule has 0 bridgehead atoms. The van der Waals surface area contributed by atoms with Gasteiger partial charge in [-0.05, 0) is 55.2 Å². The summed E-state index contributed by atoms with van der Waals surface area (Å²) in [5.74, 6) is 1.78. The van der Waals surface area contributed by atoms with Gasteiger partial charge in [-0.3, -0.25) is 4.90 Å². The number of nitrogens with zero attached hydrogens (tertiary/aromatic N) is 1. The van der Waals surface area contributed by atoms with Crippen molar-refractivity contribution in [2.24, 2.45) is 11.3 Å². The Labute approximate surface area is 156 Å². The molecule has 4 nitrogen and oxygen atoms in total. The van der Waals surface area contributed by atoms with Crippen molar-refractivity contribution in [1.82, 2.24) is 9.88 Å². The van der Waals surface area contributed by atoms with Gasteiger partial charge < -0.3 is 14.5 Å². The molecule has 1 aromatic heterocycles. The van der Waals surface area contributed by atoms with Gasteiger partial charge >= 0.3 is 0 Å². The number of methoxy groups -OCH3 is 1. The van der Waals surface area contributed by atoms with Crippen LogP contribution in [-0.2, 0) is 11.3 Å². The van der Waals surface area contributed by atoms with Crippen LogP contribution in [0, 0.1) is 18.3 Å². The van der Waals surface area contributed by atoms with Crippen LogP contribution in [0.5, 0.6) is 5.75 Å². The first-order valence-corrected chi connectivity index (χ1v) is 9.95. The second-order valence-corrected chi connectivity index (χ2v) is 8.84. The zero-order valence-electron chi connectivity index (χ0n) is 16.6. The van der Waals surface area contributed by atoms with Crippen molar-refractivity contribution in [3.8, 4) is 5.75 Å². The number of likely N-dealkylation sites (tertiary alicyclic amines) is 1. The fraction of sp³-hybridized carbons (Fsp3) is 0.636. The van der Waals surface area contributed by atoms with Crippen LogP contribution in [0.4, 0.5) is 0 Å². The van der Waals surface area contributed by atoms with E-state index >= 15 is 0 Å². The molecule has 2 aliphatic rings. The minimum atomic E-state index is 0.440. The SMILES string of the molecule is COc1cc(C)c2[nH]ccc2c1CN1CCC(OCC2CC2(C)C)CC1. The van der Waals surface area contributed by atoms with E-state index in [2.05, 4.69) is 42.8 Å². The molecular weight excluding hydrogens is 324 g/mol. The molecule has 1 aliphatic carbocycles. The summed E-state index contributed by atoms with van der Waals surface area (Å²) in [5, 5.41) is 1.29. The first-order chi connectivity index (χ1) is 12.5. The summed E-state index contributed by atoms with van der Waals surface area (Å²) >= 11 is 0. The van der Waals surface area contributed by atoms with Crippen LogP contribution in [-0.4, -0.2) is 42.8 Å². The number of ether oxygens (including phenoxy) is 2. The standard InChI is InChI=1S/C22H32N2O2/c1-15-11-20(25-4)19(18-5-8-23-21(15)18)13-24-9-6-17(7-10-24)26-14-16-12-22(16,2)3/h5,8,11,16-17,23H,6-7,9-10,12-14H2,1-4H3. The molecule has 1 saturated carbocycles. The number of aromatic nitrogens is 1. The fourth-order valence-electron chi connectivity index (χ4n) is 4.35. The molecule has 2 aromatic rings. The molecule has 0 spiro atoms. The first-order valence-electron chi connectivity index (χ1n) is 9.95. The second-order valence-electron chi connectivity index (χ2n) is 8.84. The van der Waals surface area contributed by atoms with Gasteiger partial charge in [0, 0.05) is 42.3 Å². The molecule has 2 fully saturated rings. The highest BCUT2D eigenvalue weighted by Crippen LogP contribution is 2.51. The van der Waals surface area contributed by atoms with Crippen molar-refractivity contribution in [1.29, 1.82) is 0 Å². The highest BCUT2D eigenvalue weighted by molar-refractivity contribution is 5.88. The van der Waals surface area contributed by atoms with E-state index in [1.807, 2.05) is 6.20 Å². The predicted octanol–water partition coefficient (Wildman–Crippen LogP) is 4.51. The Kier molecular flexibility index (Phi) is 4.74. The molecule has 0 radical (unpaired) electrons. The van der Waals surface area contributed by atoms with Crippen LogP contribution in [0.1, 0.15) is 44.2 Å². The number of aryl methyl sites for hydroxylation is 1. The van der Waals surface area contributed by atoms with Gasteiger partial charge in [-0.15, -0.1) is 0 Å². The Balaban J connectivity index is 1.36. The van der Waals surface area contributed by atoms with Crippen LogP contribution in [0.3, 0.4) is 0 Å². The van der Waals surface area contributed by atoms with E-state index in [0.29, 0.717) is 11.5 Å². The maximum atomic E-state index is 6.20. The smallest absolute Gasteiger partial charge is 0.124 e. The number of benzene rings is 1. The quantitative estimate of drug-likeness (QED) is 0.827. The molecule has 26 heavy (non-hydrogen) atoms. The molecule has 1 atom stereocenters. The minimum Gasteiger partial charge on any atom is -0.496 e. The Hall–Kier alpha value is -1.52. The maximum Gasteiger partial charge on any atom is 0.124 e. The number of piperidine rings is 1. The molecule has 1 aromatic carbocycles. The van der Waals surface area contributed by atoms with Gasteiger partial charge in [0.15, 0.2) is 0 Å². The number of hydrogen-bond donors (Lipinski definition) is 1. The predicted molar refractivity (Wildman–Crippen MR) is 106 cm³/mol. The summed E-state index contributed by atoms with van der Waals surface area (Å²) in [6, 6.07) is 4.33. The molecule has 4 rings (SSSR count). The molecule has 2 heterocycles. The van der Waals surface area contributed by atoms with Gasteiger partial charge in [0.25, 0.3) is 0 Å². The van der Waals surface area contributed by atoms with Crippen molar-refractivity contribution >= 4 is 10.9 Å². The number of hydrogen-bond acceptors (Lipinski definition) is 3. The van der Waals surface area contributed by atoms with Crippen molar-refractivity contribution in [3.63, 3.8) is 0 Å². The van der Waals surface area contributed by atoms with E-state index in [-0.39, 0.29) is 0 Å². The summed E-state index contributed by atoms with van der Waals surface area (Å²) < 4.78 is 11.9. The summed E-state index contributed by atoms with van der Waals surface area (Å²) in [5.41, 5.74) is 4.28. The molecular formula is C22H32N2O2. The summed E-state index contributed by atoms with van der Waals surface area (Å²) in [6.07, 6.45) is 6.07. The average Bonchev–Trinajstić information content (AvgIpc) is 3.02. The lowest BCUT2D eigenvalue weighted by atomic mass is 10.0. The minimum absolute atomic E-state index is 0.440. The Morgan fingerprint density at radius 2 is 2.00 bits per heavy atom. The van der Waals surface area contributed by atoms with E-state index in [0.717, 1.165) is 50.8 Å².